The predicted octanol–water partition coefficient (Wildman–Crippen LogP) is 3.73. The van der Waals surface area contributed by atoms with Gasteiger partial charge in [-0.25, -0.2) is 4.39 Å². The first-order valence-electron chi connectivity index (χ1n) is 8.39. The van der Waals surface area contributed by atoms with Gasteiger partial charge in [0.2, 0.25) is 0 Å². The summed E-state index contributed by atoms with van der Waals surface area (Å²) >= 11 is 2.78. The van der Waals surface area contributed by atoms with Crippen molar-refractivity contribution in [1.82, 2.24) is 9.97 Å². The van der Waals surface area contributed by atoms with Gasteiger partial charge in [0.25, 0.3) is 5.69 Å². The molecule has 0 radical (unpaired) electrons. The van der Waals surface area contributed by atoms with Crippen molar-refractivity contribution >= 4 is 38.3 Å². The molecule has 0 aliphatic carbocycles. The van der Waals surface area contributed by atoms with Crippen LogP contribution >= 0.6 is 15.9 Å². The number of alkyl halides is 3. The Labute approximate surface area is 169 Å². The number of rotatable bonds is 4. The van der Waals surface area contributed by atoms with Gasteiger partial charge in [0.05, 0.1) is 15.9 Å². The van der Waals surface area contributed by atoms with Gasteiger partial charge >= 0.3 is 12.2 Å². The molecule has 0 unspecified atom stereocenters. The minimum absolute atomic E-state index is 0.0449. The summed E-state index contributed by atoms with van der Waals surface area (Å²) in [7, 11) is 0. The summed E-state index contributed by atoms with van der Waals surface area (Å²) < 4.78 is 56.4. The van der Waals surface area contributed by atoms with Gasteiger partial charge in [0.15, 0.2) is 12.4 Å². The standard InChI is InChI=1S/C16H15BrF4N4O4/c1-15(26)3-2-4-24(6-15)13-8-5-9(25(27)28)10(17)11(18)12(8)22-14(23-13)29-7-16(19,20)21/h5,26H,2-4,6-7H2,1H3/t15-/m1/s1. The van der Waals surface area contributed by atoms with Crippen LogP contribution in [0.5, 0.6) is 6.01 Å². The van der Waals surface area contributed by atoms with Crippen LogP contribution in [-0.4, -0.2) is 51.5 Å². The van der Waals surface area contributed by atoms with Crippen LogP contribution in [-0.2, 0) is 0 Å². The lowest BCUT2D eigenvalue weighted by molar-refractivity contribution is -0.385. The number of nitro groups is 1. The summed E-state index contributed by atoms with van der Waals surface area (Å²) in [6.45, 7) is 0.282. The molecule has 1 saturated heterocycles. The van der Waals surface area contributed by atoms with E-state index in [2.05, 4.69) is 30.6 Å². The zero-order chi connectivity index (χ0) is 21.6. The smallest absolute Gasteiger partial charge is 0.422 e. The summed E-state index contributed by atoms with van der Waals surface area (Å²) in [5.41, 5.74) is -2.15. The molecule has 3 rings (SSSR count). The molecule has 1 aromatic heterocycles. The maximum Gasteiger partial charge on any atom is 0.422 e. The van der Waals surface area contributed by atoms with E-state index >= 15 is 0 Å². The molecule has 13 heteroatoms. The molecule has 29 heavy (non-hydrogen) atoms. The molecule has 1 aromatic carbocycles. The Morgan fingerprint density at radius 1 is 1.45 bits per heavy atom. The monoisotopic (exact) mass is 482 g/mol. The van der Waals surface area contributed by atoms with Gasteiger partial charge in [-0.15, -0.1) is 0 Å². The molecular formula is C16H15BrF4N4O4. The average molecular weight is 483 g/mol. The van der Waals surface area contributed by atoms with Crippen LogP contribution in [0.3, 0.4) is 0 Å². The SMILES string of the molecule is C[C@@]1(O)CCCN(c2nc(OCC(F)(F)F)nc3c(F)c(Br)c([N+](=O)[O-])cc23)C1. The number of aromatic nitrogens is 2. The van der Waals surface area contributed by atoms with Crippen LogP contribution in [0, 0.1) is 15.9 Å². The minimum Gasteiger partial charge on any atom is -0.454 e. The summed E-state index contributed by atoms with van der Waals surface area (Å²) in [6, 6.07) is 0.309. The second-order valence-electron chi connectivity index (χ2n) is 6.93. The van der Waals surface area contributed by atoms with Crippen molar-refractivity contribution in [3.63, 3.8) is 0 Å². The van der Waals surface area contributed by atoms with E-state index in [9.17, 15) is 32.8 Å². The molecule has 158 valence electrons. The first kappa shape index (κ1) is 21.4. The molecule has 0 spiro atoms. The van der Waals surface area contributed by atoms with E-state index in [1.54, 1.807) is 6.92 Å². The van der Waals surface area contributed by atoms with Crippen molar-refractivity contribution < 1.29 is 32.3 Å². The Kier molecular flexibility index (Phi) is 5.56. The number of halogens is 5. The number of anilines is 1. The molecule has 0 saturated carbocycles. The molecule has 0 amide bonds. The summed E-state index contributed by atoms with van der Waals surface area (Å²) in [5, 5.41) is 21.5. The Morgan fingerprint density at radius 3 is 2.72 bits per heavy atom. The van der Waals surface area contributed by atoms with E-state index in [1.807, 2.05) is 0 Å². The fourth-order valence-electron chi connectivity index (χ4n) is 3.14. The molecule has 1 aliphatic heterocycles. The molecule has 2 heterocycles. The van der Waals surface area contributed by atoms with Gasteiger partial charge in [0.1, 0.15) is 15.8 Å². The number of benzene rings is 1. The highest BCUT2D eigenvalue weighted by atomic mass is 79.9. The lowest BCUT2D eigenvalue weighted by atomic mass is 9.95. The van der Waals surface area contributed by atoms with Crippen molar-refractivity contribution in [2.75, 3.05) is 24.6 Å². The number of aliphatic hydroxyl groups is 1. The highest BCUT2D eigenvalue weighted by molar-refractivity contribution is 9.10. The van der Waals surface area contributed by atoms with Crippen LogP contribution in [0.1, 0.15) is 19.8 Å². The lowest BCUT2D eigenvalue weighted by Crippen LogP contribution is -2.46. The zero-order valence-electron chi connectivity index (χ0n) is 15.0. The first-order valence-corrected chi connectivity index (χ1v) is 9.18. The quantitative estimate of drug-likeness (QED) is 0.402. The Bertz CT molecular complexity index is 970. The number of hydrogen-bond donors (Lipinski definition) is 1. The van der Waals surface area contributed by atoms with Crippen LogP contribution < -0.4 is 9.64 Å². The Hall–Kier alpha value is -2.28. The number of ether oxygens (including phenoxy) is 1. The van der Waals surface area contributed by atoms with E-state index < -0.39 is 50.8 Å². The molecule has 8 nitrogen and oxygen atoms in total. The summed E-state index contributed by atoms with van der Waals surface area (Å²) in [5.74, 6) is -1.18. The summed E-state index contributed by atoms with van der Waals surface area (Å²) in [4.78, 5) is 19.6. The maximum atomic E-state index is 14.8. The molecule has 2 aromatic rings. The molecular weight excluding hydrogens is 468 g/mol. The number of fused-ring (bicyclic) bond motifs is 1. The van der Waals surface area contributed by atoms with Gasteiger partial charge in [-0.2, -0.15) is 23.1 Å². The van der Waals surface area contributed by atoms with E-state index in [4.69, 9.17) is 0 Å². The molecule has 1 N–H and O–H groups in total. The second-order valence-corrected chi connectivity index (χ2v) is 7.73. The summed E-state index contributed by atoms with van der Waals surface area (Å²) in [6.07, 6.45) is -3.66. The third-order valence-electron chi connectivity index (χ3n) is 4.35. The highest BCUT2D eigenvalue weighted by Crippen LogP contribution is 2.38. The minimum atomic E-state index is -4.66. The average Bonchev–Trinajstić information content (AvgIpc) is 2.60. The van der Waals surface area contributed by atoms with Gasteiger partial charge in [-0.05, 0) is 35.7 Å². The fraction of sp³-hybridized carbons (Fsp3) is 0.500. The number of β-amino-alcohol motifs (C(OH)–C–C–N with tert-alkyl or cyclic N) is 1. The normalized spacial score (nSPS) is 20.2. The van der Waals surface area contributed by atoms with E-state index in [0.717, 1.165) is 6.07 Å². The van der Waals surface area contributed by atoms with Crippen LogP contribution in [0.4, 0.5) is 29.1 Å². The zero-order valence-corrected chi connectivity index (χ0v) is 16.5. The van der Waals surface area contributed by atoms with Crippen molar-refractivity contribution in [2.24, 2.45) is 0 Å². The third-order valence-corrected chi connectivity index (χ3v) is 5.10. The van der Waals surface area contributed by atoms with Crippen LogP contribution in [0.25, 0.3) is 10.9 Å². The fourth-order valence-corrected chi connectivity index (χ4v) is 3.59. The number of nitrogens with zero attached hydrogens (tertiary/aromatic N) is 4. The van der Waals surface area contributed by atoms with Gasteiger partial charge in [0, 0.05) is 19.2 Å². The third kappa shape index (κ3) is 4.66. The van der Waals surface area contributed by atoms with Gasteiger partial charge in [-0.1, -0.05) is 0 Å². The number of piperidine rings is 1. The Morgan fingerprint density at radius 2 is 2.14 bits per heavy atom. The van der Waals surface area contributed by atoms with E-state index in [1.165, 1.54) is 4.90 Å². The number of hydrogen-bond acceptors (Lipinski definition) is 7. The van der Waals surface area contributed by atoms with Crippen molar-refractivity contribution in [3.8, 4) is 6.01 Å². The van der Waals surface area contributed by atoms with Crippen molar-refractivity contribution in [3.05, 3.63) is 26.5 Å². The second kappa shape index (κ2) is 7.52. The van der Waals surface area contributed by atoms with Crippen molar-refractivity contribution in [2.45, 2.75) is 31.5 Å². The lowest BCUT2D eigenvalue weighted by Gasteiger charge is -2.37. The predicted molar refractivity (Wildman–Crippen MR) is 97.5 cm³/mol. The largest absolute Gasteiger partial charge is 0.454 e. The van der Waals surface area contributed by atoms with E-state index in [-0.39, 0.29) is 17.7 Å². The number of nitro benzene ring substituents is 1. The Balaban J connectivity index is 2.20. The first-order chi connectivity index (χ1) is 13.4. The molecule has 1 aliphatic rings. The molecule has 1 atom stereocenters. The molecule has 0 bridgehead atoms. The highest BCUT2D eigenvalue weighted by Gasteiger charge is 2.33. The molecule has 1 fully saturated rings. The van der Waals surface area contributed by atoms with Crippen LogP contribution in [0.2, 0.25) is 0 Å². The van der Waals surface area contributed by atoms with Gasteiger partial charge in [-0.3, -0.25) is 10.1 Å². The van der Waals surface area contributed by atoms with Crippen molar-refractivity contribution in [1.29, 1.82) is 0 Å². The van der Waals surface area contributed by atoms with Gasteiger partial charge < -0.3 is 14.7 Å². The maximum absolute atomic E-state index is 14.8. The van der Waals surface area contributed by atoms with E-state index in [0.29, 0.717) is 19.4 Å². The topological polar surface area (TPSA) is 102 Å². The van der Waals surface area contributed by atoms with Crippen LogP contribution in [0.15, 0.2) is 10.5 Å².